The maximum Gasteiger partial charge on any atom is 0.323 e. The Morgan fingerprint density at radius 2 is 1.42 bits per heavy atom. The van der Waals surface area contributed by atoms with Crippen LogP contribution >= 0.6 is 0 Å². The average molecular weight is 444 g/mol. The molecule has 2 aliphatic heterocycles. The summed E-state index contributed by atoms with van der Waals surface area (Å²) >= 11 is 0. The van der Waals surface area contributed by atoms with Crippen molar-refractivity contribution < 1.29 is 23.5 Å². The molecule has 2 fully saturated rings. The number of ether oxygens (including phenoxy) is 1. The van der Waals surface area contributed by atoms with E-state index in [1.165, 1.54) is 31.4 Å². The summed E-state index contributed by atoms with van der Waals surface area (Å²) in [6, 6.07) is 22.7. The van der Waals surface area contributed by atoms with Gasteiger partial charge >= 0.3 is 5.97 Å². The number of hydrogen-bond donors (Lipinski definition) is 1. The lowest BCUT2D eigenvalue weighted by Crippen LogP contribution is -2.51. The van der Waals surface area contributed by atoms with Crippen LogP contribution in [0.5, 0.6) is 0 Å². The van der Waals surface area contributed by atoms with E-state index < -0.39 is 47.0 Å². The SMILES string of the molecule is COC(=O)[C@@H]1NC(c2ccccc2)(c2ccccc2)[C@H]2C(=O)N(c3ccc(F)cc3)C(=O)[C@@H]12. The van der Waals surface area contributed by atoms with Gasteiger partial charge in [0, 0.05) is 0 Å². The van der Waals surface area contributed by atoms with Crippen LogP contribution in [0.2, 0.25) is 0 Å². The van der Waals surface area contributed by atoms with Gasteiger partial charge in [-0.2, -0.15) is 0 Å². The highest BCUT2D eigenvalue weighted by Crippen LogP contribution is 2.52. The maximum atomic E-state index is 13.9. The number of hydrogen-bond acceptors (Lipinski definition) is 5. The fourth-order valence-electron chi connectivity index (χ4n) is 5.18. The minimum atomic E-state index is -1.15. The number of carbonyl (C=O) groups excluding carboxylic acids is 3. The van der Waals surface area contributed by atoms with Gasteiger partial charge in [0.25, 0.3) is 0 Å². The highest BCUT2D eigenvalue weighted by molar-refractivity contribution is 6.24. The van der Waals surface area contributed by atoms with Crippen LogP contribution in [-0.4, -0.2) is 30.9 Å². The van der Waals surface area contributed by atoms with E-state index in [0.29, 0.717) is 0 Å². The van der Waals surface area contributed by atoms with Gasteiger partial charge in [-0.25, -0.2) is 9.29 Å². The number of nitrogens with zero attached hydrogens (tertiary/aromatic N) is 1. The highest BCUT2D eigenvalue weighted by Gasteiger charge is 2.68. The molecule has 7 heteroatoms. The van der Waals surface area contributed by atoms with Crippen LogP contribution in [0.25, 0.3) is 0 Å². The van der Waals surface area contributed by atoms with Crippen LogP contribution in [0.15, 0.2) is 84.9 Å². The molecule has 2 aliphatic rings. The normalized spacial score (nSPS) is 23.5. The third-order valence-corrected chi connectivity index (χ3v) is 6.56. The predicted molar refractivity (Wildman–Crippen MR) is 118 cm³/mol. The smallest absolute Gasteiger partial charge is 0.323 e. The fourth-order valence-corrected chi connectivity index (χ4v) is 5.18. The van der Waals surface area contributed by atoms with Gasteiger partial charge in [-0.05, 0) is 35.4 Å². The summed E-state index contributed by atoms with van der Waals surface area (Å²) in [6.45, 7) is 0. The molecule has 0 unspecified atom stereocenters. The molecule has 33 heavy (non-hydrogen) atoms. The van der Waals surface area contributed by atoms with Gasteiger partial charge in [0.05, 0.1) is 30.2 Å². The Bertz CT molecular complexity index is 1170. The lowest BCUT2D eigenvalue weighted by atomic mass is 9.72. The van der Waals surface area contributed by atoms with E-state index in [4.69, 9.17) is 4.74 Å². The molecule has 2 amide bonds. The molecule has 3 atom stereocenters. The van der Waals surface area contributed by atoms with Crippen molar-refractivity contribution in [1.82, 2.24) is 5.32 Å². The van der Waals surface area contributed by atoms with E-state index in [0.717, 1.165) is 16.0 Å². The van der Waals surface area contributed by atoms with Crippen molar-refractivity contribution >= 4 is 23.5 Å². The van der Waals surface area contributed by atoms with E-state index in [2.05, 4.69) is 5.32 Å². The van der Waals surface area contributed by atoms with Crippen LogP contribution < -0.4 is 10.2 Å². The number of nitrogens with one attached hydrogen (secondary N) is 1. The topological polar surface area (TPSA) is 75.7 Å². The average Bonchev–Trinajstić information content (AvgIpc) is 3.35. The molecule has 5 rings (SSSR count). The van der Waals surface area contributed by atoms with Crippen LogP contribution in [0, 0.1) is 17.7 Å². The number of halogens is 1. The van der Waals surface area contributed by atoms with Gasteiger partial charge in [0.2, 0.25) is 11.8 Å². The molecular weight excluding hydrogens is 423 g/mol. The summed E-state index contributed by atoms with van der Waals surface area (Å²) in [5.41, 5.74) is 0.618. The minimum Gasteiger partial charge on any atom is -0.468 e. The van der Waals surface area contributed by atoms with Crippen molar-refractivity contribution in [2.75, 3.05) is 12.0 Å². The number of fused-ring (bicyclic) bond motifs is 1. The van der Waals surface area contributed by atoms with E-state index in [1.807, 2.05) is 60.7 Å². The largest absolute Gasteiger partial charge is 0.468 e. The first-order valence-corrected chi connectivity index (χ1v) is 10.6. The van der Waals surface area contributed by atoms with E-state index >= 15 is 0 Å². The zero-order chi connectivity index (χ0) is 23.2. The lowest BCUT2D eigenvalue weighted by molar-refractivity contribution is -0.145. The number of methoxy groups -OCH3 is 1. The summed E-state index contributed by atoms with van der Waals surface area (Å²) in [5, 5.41) is 3.33. The Morgan fingerprint density at radius 3 is 1.94 bits per heavy atom. The lowest BCUT2D eigenvalue weighted by Gasteiger charge is -2.36. The zero-order valence-electron chi connectivity index (χ0n) is 17.8. The summed E-state index contributed by atoms with van der Waals surface area (Å²) in [6.07, 6.45) is 0. The van der Waals surface area contributed by atoms with E-state index in [1.54, 1.807) is 0 Å². The molecule has 1 N–H and O–H groups in total. The third kappa shape index (κ3) is 3.08. The molecule has 0 spiro atoms. The number of esters is 1. The molecule has 0 bridgehead atoms. The summed E-state index contributed by atoms with van der Waals surface area (Å²) < 4.78 is 18.5. The van der Waals surface area contributed by atoms with Gasteiger partial charge in [0.1, 0.15) is 11.9 Å². The molecule has 3 aromatic rings. The number of anilines is 1. The van der Waals surface area contributed by atoms with Crippen molar-refractivity contribution in [2.24, 2.45) is 11.8 Å². The first kappa shape index (κ1) is 21.0. The monoisotopic (exact) mass is 444 g/mol. The highest BCUT2D eigenvalue weighted by atomic mass is 19.1. The van der Waals surface area contributed by atoms with Crippen molar-refractivity contribution in [3.63, 3.8) is 0 Å². The Kier molecular flexibility index (Phi) is 5.06. The van der Waals surface area contributed by atoms with Crippen molar-refractivity contribution in [2.45, 2.75) is 11.6 Å². The van der Waals surface area contributed by atoms with Crippen molar-refractivity contribution in [1.29, 1.82) is 0 Å². The molecule has 0 aromatic heterocycles. The summed E-state index contributed by atoms with van der Waals surface area (Å²) in [7, 11) is 1.25. The second kappa shape index (κ2) is 7.94. The molecule has 0 aliphatic carbocycles. The van der Waals surface area contributed by atoms with Gasteiger partial charge in [-0.15, -0.1) is 0 Å². The van der Waals surface area contributed by atoms with Gasteiger partial charge in [0.15, 0.2) is 0 Å². The standard InChI is InChI=1S/C26H21FN2O4/c1-33-25(32)22-20-21(24(31)29(23(20)30)19-14-12-18(27)13-15-19)26(28-22,16-8-4-2-5-9-16)17-10-6-3-7-11-17/h2-15,20-22,28H,1H3/t20-,21-,22-/m1/s1. The number of amides is 2. The second-order valence-electron chi connectivity index (χ2n) is 8.18. The fraction of sp³-hybridized carbons (Fsp3) is 0.192. The first-order chi connectivity index (χ1) is 16.0. The number of carbonyl (C=O) groups is 3. The number of benzene rings is 3. The van der Waals surface area contributed by atoms with Crippen LogP contribution in [-0.2, 0) is 24.7 Å². The predicted octanol–water partition coefficient (Wildman–Crippen LogP) is 3.02. The van der Waals surface area contributed by atoms with Gasteiger partial charge in [-0.1, -0.05) is 60.7 Å². The van der Waals surface area contributed by atoms with Crippen LogP contribution in [0.3, 0.4) is 0 Å². The summed E-state index contributed by atoms with van der Waals surface area (Å²) in [5.74, 6) is -3.98. The molecule has 2 saturated heterocycles. The molecule has 3 aromatic carbocycles. The molecule has 0 radical (unpaired) electrons. The number of rotatable bonds is 4. The van der Waals surface area contributed by atoms with Crippen LogP contribution in [0.4, 0.5) is 10.1 Å². The molecule has 0 saturated carbocycles. The maximum absolute atomic E-state index is 13.9. The van der Waals surface area contributed by atoms with E-state index in [-0.39, 0.29) is 5.69 Å². The Morgan fingerprint density at radius 1 is 0.879 bits per heavy atom. The van der Waals surface area contributed by atoms with Crippen molar-refractivity contribution in [3.8, 4) is 0 Å². The van der Waals surface area contributed by atoms with E-state index in [9.17, 15) is 18.8 Å². The van der Waals surface area contributed by atoms with Gasteiger partial charge < -0.3 is 4.74 Å². The van der Waals surface area contributed by atoms with Crippen molar-refractivity contribution in [3.05, 3.63) is 102 Å². The summed E-state index contributed by atoms with van der Waals surface area (Å²) in [4.78, 5) is 41.4. The van der Waals surface area contributed by atoms with Crippen LogP contribution in [0.1, 0.15) is 11.1 Å². The minimum absolute atomic E-state index is 0.263. The quantitative estimate of drug-likeness (QED) is 0.495. The van der Waals surface area contributed by atoms with Gasteiger partial charge in [-0.3, -0.25) is 19.7 Å². The number of imide groups is 1. The molecule has 166 valence electrons. The Hall–Kier alpha value is -3.84. The molecule has 6 nitrogen and oxygen atoms in total. The Balaban J connectivity index is 1.74. The molecule has 2 heterocycles. The zero-order valence-corrected chi connectivity index (χ0v) is 17.8. The second-order valence-corrected chi connectivity index (χ2v) is 8.18. The Labute approximate surface area is 190 Å². The first-order valence-electron chi connectivity index (χ1n) is 10.6. The molecular formula is C26H21FN2O4. The third-order valence-electron chi connectivity index (χ3n) is 6.56.